The third-order valence-corrected chi connectivity index (χ3v) is 4.76. The van der Waals surface area contributed by atoms with E-state index < -0.39 is 5.60 Å². The minimum Gasteiger partial charge on any atom is -0.377 e. The van der Waals surface area contributed by atoms with Crippen LogP contribution >= 0.6 is 12.4 Å². The zero-order valence-electron chi connectivity index (χ0n) is 14.7. The van der Waals surface area contributed by atoms with E-state index in [1.165, 1.54) is 18.4 Å². The Bertz CT molecular complexity index is 540. The molecule has 2 unspecified atom stereocenters. The van der Waals surface area contributed by atoms with E-state index in [9.17, 15) is 5.11 Å². The van der Waals surface area contributed by atoms with Crippen LogP contribution in [0.3, 0.4) is 0 Å². The van der Waals surface area contributed by atoms with Crippen LogP contribution in [0.1, 0.15) is 58.6 Å². The Labute approximate surface area is 146 Å². The standard InChI is InChI=1S/C19H28N2O.ClH/c1-18(2,3)19(4,22)11-8-14-21-13-6-5-10-17(21)16-9-7-12-20-15-16;/h7,9,12,15,17,22H,5-6,10,13-14H2,1-4H3;1H. The Morgan fingerprint density at radius 1 is 1.30 bits per heavy atom. The maximum atomic E-state index is 10.5. The predicted octanol–water partition coefficient (Wildman–Crippen LogP) is 3.83. The number of aliphatic hydroxyl groups is 1. The lowest BCUT2D eigenvalue weighted by atomic mass is 9.78. The Kier molecular flexibility index (Phi) is 7.07. The summed E-state index contributed by atoms with van der Waals surface area (Å²) in [5.74, 6) is 6.27. The third-order valence-electron chi connectivity index (χ3n) is 4.76. The molecule has 1 aromatic rings. The largest absolute Gasteiger partial charge is 0.377 e. The van der Waals surface area contributed by atoms with Gasteiger partial charge in [0.05, 0.1) is 6.54 Å². The van der Waals surface area contributed by atoms with Crippen LogP contribution in [-0.2, 0) is 0 Å². The van der Waals surface area contributed by atoms with E-state index >= 15 is 0 Å². The molecule has 1 aromatic heterocycles. The molecule has 1 aliphatic rings. The van der Waals surface area contributed by atoms with Gasteiger partial charge in [-0.2, -0.15) is 0 Å². The van der Waals surface area contributed by atoms with Crippen LogP contribution in [0.4, 0.5) is 0 Å². The zero-order chi connectivity index (χ0) is 16.2. The number of rotatable bonds is 2. The molecule has 1 saturated heterocycles. The maximum Gasteiger partial charge on any atom is 0.127 e. The minimum absolute atomic E-state index is 0. The van der Waals surface area contributed by atoms with Crippen molar-refractivity contribution in [3.63, 3.8) is 0 Å². The van der Waals surface area contributed by atoms with E-state index in [0.29, 0.717) is 12.6 Å². The van der Waals surface area contributed by atoms with Gasteiger partial charge in [0.2, 0.25) is 0 Å². The lowest BCUT2D eigenvalue weighted by Crippen LogP contribution is -2.38. The summed E-state index contributed by atoms with van der Waals surface area (Å²) in [6, 6.07) is 4.55. The van der Waals surface area contributed by atoms with Crippen LogP contribution in [0, 0.1) is 17.3 Å². The molecule has 1 aliphatic heterocycles. The number of piperidine rings is 1. The van der Waals surface area contributed by atoms with E-state index in [0.717, 1.165) is 13.0 Å². The average Bonchev–Trinajstić information content (AvgIpc) is 2.47. The van der Waals surface area contributed by atoms with Crippen LogP contribution in [0.2, 0.25) is 0 Å². The summed E-state index contributed by atoms with van der Waals surface area (Å²) in [6.45, 7) is 9.61. The maximum absolute atomic E-state index is 10.5. The first-order valence-corrected chi connectivity index (χ1v) is 8.18. The molecule has 0 bridgehead atoms. The molecule has 0 aromatic carbocycles. The molecular formula is C19H29ClN2O. The van der Waals surface area contributed by atoms with Gasteiger partial charge in [-0.1, -0.05) is 45.1 Å². The minimum atomic E-state index is -0.966. The highest BCUT2D eigenvalue weighted by Crippen LogP contribution is 2.31. The first-order valence-electron chi connectivity index (χ1n) is 8.18. The summed E-state index contributed by atoms with van der Waals surface area (Å²) >= 11 is 0. The van der Waals surface area contributed by atoms with Gasteiger partial charge in [0, 0.05) is 23.9 Å². The van der Waals surface area contributed by atoms with Crippen molar-refractivity contribution in [1.82, 2.24) is 9.88 Å². The molecule has 3 nitrogen and oxygen atoms in total. The van der Waals surface area contributed by atoms with Gasteiger partial charge >= 0.3 is 0 Å². The lowest BCUT2D eigenvalue weighted by molar-refractivity contribution is 0.0127. The van der Waals surface area contributed by atoms with E-state index in [1.807, 2.05) is 39.2 Å². The summed E-state index contributed by atoms with van der Waals surface area (Å²) in [7, 11) is 0. The second kappa shape index (κ2) is 8.15. The SMILES string of the molecule is CC(C)(C)C(C)(O)C#CCN1CCCCC1c1cccnc1.Cl. The van der Waals surface area contributed by atoms with Crippen LogP contribution < -0.4 is 0 Å². The first kappa shape index (κ1) is 20.0. The highest BCUT2D eigenvalue weighted by molar-refractivity contribution is 5.85. The van der Waals surface area contributed by atoms with E-state index in [2.05, 4.69) is 27.8 Å². The molecule has 2 rings (SSSR count). The lowest BCUT2D eigenvalue weighted by Gasteiger charge is -2.35. The van der Waals surface area contributed by atoms with Gasteiger partial charge in [-0.25, -0.2) is 0 Å². The van der Waals surface area contributed by atoms with Crippen molar-refractivity contribution in [2.75, 3.05) is 13.1 Å². The molecule has 1 fully saturated rings. The van der Waals surface area contributed by atoms with Crippen molar-refractivity contribution in [3.8, 4) is 11.8 Å². The Morgan fingerprint density at radius 2 is 2.04 bits per heavy atom. The molecule has 128 valence electrons. The zero-order valence-corrected chi connectivity index (χ0v) is 15.5. The molecule has 0 saturated carbocycles. The summed E-state index contributed by atoms with van der Waals surface area (Å²) in [4.78, 5) is 6.65. The van der Waals surface area contributed by atoms with Gasteiger partial charge in [0.25, 0.3) is 0 Å². The molecule has 2 atom stereocenters. The predicted molar refractivity (Wildman–Crippen MR) is 97.5 cm³/mol. The van der Waals surface area contributed by atoms with Gasteiger partial charge in [-0.15, -0.1) is 12.4 Å². The van der Waals surface area contributed by atoms with Gasteiger partial charge in [0.1, 0.15) is 5.60 Å². The molecule has 0 radical (unpaired) electrons. The van der Waals surface area contributed by atoms with E-state index in [-0.39, 0.29) is 17.8 Å². The summed E-state index contributed by atoms with van der Waals surface area (Å²) in [6.07, 6.45) is 7.40. The summed E-state index contributed by atoms with van der Waals surface area (Å²) in [5.41, 5.74) is 0.0589. The van der Waals surface area contributed by atoms with Crippen molar-refractivity contribution in [1.29, 1.82) is 0 Å². The molecule has 4 heteroatoms. The molecule has 0 spiro atoms. The topological polar surface area (TPSA) is 36.4 Å². The quantitative estimate of drug-likeness (QED) is 0.834. The highest BCUT2D eigenvalue weighted by atomic mass is 35.5. The fourth-order valence-electron chi connectivity index (χ4n) is 2.63. The number of likely N-dealkylation sites (tertiary alicyclic amines) is 1. The van der Waals surface area contributed by atoms with Crippen LogP contribution in [0.5, 0.6) is 0 Å². The molecule has 1 N–H and O–H groups in total. The molecule has 0 amide bonds. The van der Waals surface area contributed by atoms with Crippen LogP contribution in [-0.4, -0.2) is 33.7 Å². The number of aromatic nitrogens is 1. The second-order valence-electron chi connectivity index (χ2n) is 7.39. The fraction of sp³-hybridized carbons (Fsp3) is 0.632. The van der Waals surface area contributed by atoms with E-state index in [4.69, 9.17) is 0 Å². The number of hydrogen-bond acceptors (Lipinski definition) is 3. The Balaban J connectivity index is 0.00000264. The molecule has 23 heavy (non-hydrogen) atoms. The van der Waals surface area contributed by atoms with Crippen molar-refractivity contribution < 1.29 is 5.11 Å². The normalized spacial score (nSPS) is 21.5. The van der Waals surface area contributed by atoms with Crippen molar-refractivity contribution in [2.45, 2.75) is 58.6 Å². The number of pyridine rings is 1. The van der Waals surface area contributed by atoms with Crippen LogP contribution in [0.25, 0.3) is 0 Å². The van der Waals surface area contributed by atoms with Gasteiger partial charge < -0.3 is 5.11 Å². The smallest absolute Gasteiger partial charge is 0.127 e. The average molecular weight is 337 g/mol. The monoisotopic (exact) mass is 336 g/mol. The fourth-order valence-corrected chi connectivity index (χ4v) is 2.63. The van der Waals surface area contributed by atoms with Gasteiger partial charge in [-0.05, 0) is 37.9 Å². The van der Waals surface area contributed by atoms with Crippen molar-refractivity contribution in [3.05, 3.63) is 30.1 Å². The second-order valence-corrected chi connectivity index (χ2v) is 7.39. The number of hydrogen-bond donors (Lipinski definition) is 1. The van der Waals surface area contributed by atoms with E-state index in [1.54, 1.807) is 6.92 Å². The number of halogens is 1. The van der Waals surface area contributed by atoms with Gasteiger partial charge in [0.15, 0.2) is 0 Å². The van der Waals surface area contributed by atoms with Gasteiger partial charge in [-0.3, -0.25) is 9.88 Å². The summed E-state index contributed by atoms with van der Waals surface area (Å²) in [5, 5.41) is 10.5. The number of nitrogens with zero attached hydrogens (tertiary/aromatic N) is 2. The molecule has 0 aliphatic carbocycles. The van der Waals surface area contributed by atoms with Crippen molar-refractivity contribution in [2.24, 2.45) is 5.41 Å². The summed E-state index contributed by atoms with van der Waals surface area (Å²) < 4.78 is 0. The molecular weight excluding hydrogens is 308 g/mol. The highest BCUT2D eigenvalue weighted by Gasteiger charge is 2.33. The first-order chi connectivity index (χ1) is 10.3. The van der Waals surface area contributed by atoms with Crippen molar-refractivity contribution >= 4 is 12.4 Å². The third kappa shape index (κ3) is 5.21. The Hall–Kier alpha value is -1.08. The van der Waals surface area contributed by atoms with Crippen LogP contribution in [0.15, 0.2) is 24.5 Å². The molecule has 2 heterocycles. The Morgan fingerprint density at radius 3 is 2.65 bits per heavy atom.